The first-order valence-corrected chi connectivity index (χ1v) is 5.39. The van der Waals surface area contributed by atoms with Crippen LogP contribution in [0.15, 0.2) is 30.3 Å². The summed E-state index contributed by atoms with van der Waals surface area (Å²) in [6.07, 6.45) is 7.16. The van der Waals surface area contributed by atoms with Crippen LogP contribution in [0.25, 0.3) is 5.57 Å². The molecule has 1 aromatic rings. The maximum absolute atomic E-state index is 5.61. The number of allylic oxidation sites excluding steroid dienone is 2. The minimum atomic E-state index is 0.740. The van der Waals surface area contributed by atoms with E-state index in [0.717, 1.165) is 13.0 Å². The Labute approximate surface area is 85.6 Å². The van der Waals surface area contributed by atoms with Gasteiger partial charge in [0.15, 0.2) is 0 Å². The molecule has 1 nitrogen and oxygen atoms in total. The lowest BCUT2D eigenvalue weighted by molar-refractivity contribution is 0.929. The van der Waals surface area contributed by atoms with Gasteiger partial charge in [0.1, 0.15) is 0 Å². The van der Waals surface area contributed by atoms with Gasteiger partial charge in [-0.1, -0.05) is 30.3 Å². The second kappa shape index (κ2) is 4.43. The van der Waals surface area contributed by atoms with Crippen LogP contribution >= 0.6 is 0 Å². The van der Waals surface area contributed by atoms with Gasteiger partial charge in [-0.05, 0) is 48.9 Å². The first-order chi connectivity index (χ1) is 6.92. The van der Waals surface area contributed by atoms with Gasteiger partial charge < -0.3 is 5.73 Å². The molecule has 1 heteroatoms. The third-order valence-corrected chi connectivity index (χ3v) is 2.82. The van der Waals surface area contributed by atoms with E-state index in [1.165, 1.54) is 36.0 Å². The first kappa shape index (κ1) is 9.47. The Bertz CT molecular complexity index is 339. The van der Waals surface area contributed by atoms with Gasteiger partial charge in [0.05, 0.1) is 0 Å². The van der Waals surface area contributed by atoms with Gasteiger partial charge in [0.25, 0.3) is 0 Å². The third kappa shape index (κ3) is 1.88. The van der Waals surface area contributed by atoms with Crippen molar-refractivity contribution in [2.75, 3.05) is 6.54 Å². The van der Waals surface area contributed by atoms with E-state index in [4.69, 9.17) is 5.73 Å². The van der Waals surface area contributed by atoms with Crippen LogP contribution in [0.1, 0.15) is 30.4 Å². The fourth-order valence-electron chi connectivity index (χ4n) is 2.12. The second-order valence-corrected chi connectivity index (χ2v) is 3.82. The van der Waals surface area contributed by atoms with Crippen LogP contribution in [0.4, 0.5) is 0 Å². The van der Waals surface area contributed by atoms with Crippen molar-refractivity contribution in [2.24, 2.45) is 5.73 Å². The van der Waals surface area contributed by atoms with Gasteiger partial charge in [-0.25, -0.2) is 0 Å². The summed E-state index contributed by atoms with van der Waals surface area (Å²) in [4.78, 5) is 0. The van der Waals surface area contributed by atoms with Crippen molar-refractivity contribution >= 4 is 5.57 Å². The Balaban J connectivity index is 2.31. The highest BCUT2D eigenvalue weighted by atomic mass is 14.5. The zero-order valence-corrected chi connectivity index (χ0v) is 8.50. The Morgan fingerprint density at radius 1 is 1.21 bits per heavy atom. The van der Waals surface area contributed by atoms with Crippen LogP contribution in [0.2, 0.25) is 0 Å². The molecular weight excluding hydrogens is 170 g/mol. The Hall–Kier alpha value is -1.08. The van der Waals surface area contributed by atoms with Gasteiger partial charge in [-0.15, -0.1) is 0 Å². The molecule has 0 heterocycles. The fourth-order valence-corrected chi connectivity index (χ4v) is 2.12. The smallest absolute Gasteiger partial charge is 0.00365 e. The number of hydrogen-bond acceptors (Lipinski definition) is 1. The van der Waals surface area contributed by atoms with Gasteiger partial charge in [0.2, 0.25) is 0 Å². The molecule has 2 rings (SSSR count). The van der Waals surface area contributed by atoms with E-state index in [1.807, 2.05) is 0 Å². The van der Waals surface area contributed by atoms with Crippen LogP contribution < -0.4 is 5.73 Å². The number of rotatable bonds is 3. The molecule has 1 aromatic carbocycles. The van der Waals surface area contributed by atoms with E-state index < -0.39 is 0 Å². The van der Waals surface area contributed by atoms with E-state index in [0.29, 0.717) is 0 Å². The molecule has 0 aromatic heterocycles. The minimum absolute atomic E-state index is 0.740. The van der Waals surface area contributed by atoms with E-state index in [9.17, 15) is 0 Å². The Morgan fingerprint density at radius 2 is 2.07 bits per heavy atom. The lowest BCUT2D eigenvalue weighted by atomic mass is 9.97. The van der Waals surface area contributed by atoms with Crippen LogP contribution in [-0.2, 0) is 6.42 Å². The van der Waals surface area contributed by atoms with Crippen LogP contribution in [0, 0.1) is 0 Å². The highest BCUT2D eigenvalue weighted by molar-refractivity contribution is 5.69. The summed E-state index contributed by atoms with van der Waals surface area (Å²) in [5.74, 6) is 0. The zero-order valence-electron chi connectivity index (χ0n) is 8.50. The maximum atomic E-state index is 5.61. The lowest BCUT2D eigenvalue weighted by Gasteiger charge is -2.09. The molecular formula is C13H17N. The van der Waals surface area contributed by atoms with Crippen molar-refractivity contribution in [3.05, 3.63) is 41.5 Å². The topological polar surface area (TPSA) is 26.0 Å². The third-order valence-electron chi connectivity index (χ3n) is 2.82. The Kier molecular flexibility index (Phi) is 3.00. The van der Waals surface area contributed by atoms with E-state index in [-0.39, 0.29) is 0 Å². The summed E-state index contributed by atoms with van der Waals surface area (Å²) in [7, 11) is 0. The highest BCUT2D eigenvalue weighted by Crippen LogP contribution is 2.29. The molecule has 0 radical (unpaired) electrons. The summed E-state index contributed by atoms with van der Waals surface area (Å²) < 4.78 is 0. The van der Waals surface area contributed by atoms with Crippen LogP contribution in [0.5, 0.6) is 0 Å². The minimum Gasteiger partial charge on any atom is -0.330 e. The van der Waals surface area contributed by atoms with E-state index in [2.05, 4.69) is 30.3 Å². The largest absolute Gasteiger partial charge is 0.330 e. The van der Waals surface area contributed by atoms with Gasteiger partial charge in [-0.3, -0.25) is 0 Å². The number of hydrogen-bond donors (Lipinski definition) is 1. The Morgan fingerprint density at radius 3 is 2.79 bits per heavy atom. The van der Waals surface area contributed by atoms with Gasteiger partial charge in [0, 0.05) is 0 Å². The molecule has 0 amide bonds. The molecule has 0 saturated carbocycles. The van der Waals surface area contributed by atoms with Crippen molar-refractivity contribution < 1.29 is 0 Å². The predicted molar refractivity (Wildman–Crippen MR) is 61.0 cm³/mol. The summed E-state index contributed by atoms with van der Waals surface area (Å²) in [5.41, 5.74) is 9.96. The zero-order chi connectivity index (χ0) is 9.80. The molecule has 0 spiro atoms. The van der Waals surface area contributed by atoms with E-state index >= 15 is 0 Å². The molecule has 0 atom stereocenters. The molecule has 74 valence electrons. The summed E-state index contributed by atoms with van der Waals surface area (Å²) in [5, 5.41) is 0. The molecule has 1 aliphatic rings. The maximum Gasteiger partial charge on any atom is -0.00365 e. The van der Waals surface area contributed by atoms with Crippen LogP contribution in [-0.4, -0.2) is 6.54 Å². The van der Waals surface area contributed by atoms with Gasteiger partial charge >= 0.3 is 0 Å². The molecule has 0 fully saturated rings. The van der Waals surface area contributed by atoms with Crippen molar-refractivity contribution in [1.82, 2.24) is 0 Å². The summed E-state index contributed by atoms with van der Waals surface area (Å²) in [6.45, 7) is 0.740. The average Bonchev–Trinajstić information content (AvgIpc) is 2.72. The van der Waals surface area contributed by atoms with E-state index in [1.54, 1.807) is 0 Å². The van der Waals surface area contributed by atoms with Crippen molar-refractivity contribution in [2.45, 2.75) is 25.7 Å². The van der Waals surface area contributed by atoms with Gasteiger partial charge in [-0.2, -0.15) is 0 Å². The molecule has 1 aliphatic carbocycles. The quantitative estimate of drug-likeness (QED) is 0.773. The second-order valence-electron chi connectivity index (χ2n) is 3.82. The van der Waals surface area contributed by atoms with Crippen molar-refractivity contribution in [3.8, 4) is 0 Å². The van der Waals surface area contributed by atoms with Crippen LogP contribution in [0.3, 0.4) is 0 Å². The molecule has 0 bridgehead atoms. The monoisotopic (exact) mass is 187 g/mol. The molecule has 14 heavy (non-hydrogen) atoms. The highest BCUT2D eigenvalue weighted by Gasteiger charge is 2.09. The van der Waals surface area contributed by atoms with Crippen molar-refractivity contribution in [3.63, 3.8) is 0 Å². The van der Waals surface area contributed by atoms with Crippen molar-refractivity contribution in [1.29, 1.82) is 0 Å². The number of nitrogens with two attached hydrogens (primary N) is 1. The predicted octanol–water partition coefficient (Wildman–Crippen LogP) is 2.76. The summed E-state index contributed by atoms with van der Waals surface area (Å²) >= 11 is 0. The normalized spacial score (nSPS) is 15.6. The average molecular weight is 187 g/mol. The summed E-state index contributed by atoms with van der Waals surface area (Å²) in [6, 6.07) is 8.64. The standard InChI is InChI=1S/C13H17N/c14-10-9-12-7-3-4-8-13(12)11-5-1-2-6-11/h3-5,7-8H,1-2,6,9-10,14H2. The SMILES string of the molecule is NCCc1ccccc1C1=CCCC1. The lowest BCUT2D eigenvalue weighted by Crippen LogP contribution is -2.04. The molecule has 0 aliphatic heterocycles. The molecule has 2 N–H and O–H groups in total. The molecule has 0 unspecified atom stereocenters. The number of benzene rings is 1. The molecule has 0 saturated heterocycles. The fraction of sp³-hybridized carbons (Fsp3) is 0.385. The first-order valence-electron chi connectivity index (χ1n) is 5.39.